The minimum atomic E-state index is -4.01. The monoisotopic (exact) mass is 513 g/mol. The minimum Gasteiger partial charge on any atom is -0.354 e. The summed E-state index contributed by atoms with van der Waals surface area (Å²) in [6.07, 6.45) is 0. The molecule has 1 aliphatic rings. The molecule has 4 aromatic rings. The van der Waals surface area contributed by atoms with Crippen molar-refractivity contribution in [3.8, 4) is 0 Å². The minimum absolute atomic E-state index is 0.0280. The van der Waals surface area contributed by atoms with Crippen LogP contribution in [0.1, 0.15) is 16.7 Å². The Balaban J connectivity index is 1.74. The van der Waals surface area contributed by atoms with Gasteiger partial charge in [-0.05, 0) is 66.7 Å². The van der Waals surface area contributed by atoms with Crippen LogP contribution in [0.5, 0.6) is 0 Å². The molecule has 0 atom stereocenters. The van der Waals surface area contributed by atoms with Crippen molar-refractivity contribution in [2.24, 2.45) is 0 Å². The first kappa shape index (κ1) is 24.4. The summed E-state index contributed by atoms with van der Waals surface area (Å²) in [5, 5.41) is 9.25. The van der Waals surface area contributed by atoms with Crippen LogP contribution in [-0.2, 0) is 21.2 Å². The lowest BCUT2D eigenvalue weighted by molar-refractivity contribution is -0.110. The summed E-state index contributed by atoms with van der Waals surface area (Å²) in [6, 6.07) is 26.8. The van der Waals surface area contributed by atoms with Crippen molar-refractivity contribution in [3.05, 3.63) is 120 Å². The van der Waals surface area contributed by atoms with Gasteiger partial charge in [-0.1, -0.05) is 48.5 Å². The van der Waals surface area contributed by atoms with Gasteiger partial charge in [0.1, 0.15) is 5.82 Å². The Labute approximate surface area is 214 Å². The van der Waals surface area contributed by atoms with Crippen LogP contribution >= 0.6 is 0 Å². The van der Waals surface area contributed by atoms with Gasteiger partial charge in [-0.2, -0.15) is 0 Å². The lowest BCUT2D eigenvalue weighted by Crippen LogP contribution is -2.12. The molecule has 1 amide bonds. The number of hydrogen-bond donors (Lipinski definition) is 3. The molecule has 1 aliphatic heterocycles. The van der Waals surface area contributed by atoms with Crippen LogP contribution in [-0.4, -0.2) is 21.4 Å². The van der Waals surface area contributed by atoms with E-state index in [0.29, 0.717) is 28.1 Å². The Morgan fingerprint density at radius 1 is 0.892 bits per heavy atom. The van der Waals surface area contributed by atoms with Crippen molar-refractivity contribution in [2.75, 3.05) is 17.7 Å². The smallest absolute Gasteiger partial charge is 0.258 e. The number of carbonyl (C=O) groups excluding carboxylic acids is 1. The Morgan fingerprint density at radius 2 is 1.54 bits per heavy atom. The van der Waals surface area contributed by atoms with E-state index in [1.165, 1.54) is 18.2 Å². The van der Waals surface area contributed by atoms with Gasteiger partial charge < -0.3 is 16.0 Å². The number of hydrogen-bond acceptors (Lipinski definition) is 5. The van der Waals surface area contributed by atoms with Crippen LogP contribution in [0.15, 0.2) is 107 Å². The third kappa shape index (κ3) is 4.76. The zero-order chi connectivity index (χ0) is 26.0. The molecule has 0 saturated heterocycles. The third-order valence-corrected chi connectivity index (χ3v) is 7.93. The van der Waals surface area contributed by atoms with Crippen molar-refractivity contribution >= 4 is 38.4 Å². The van der Waals surface area contributed by atoms with Gasteiger partial charge in [-0.25, -0.2) is 12.8 Å². The van der Waals surface area contributed by atoms with Crippen LogP contribution in [0.2, 0.25) is 0 Å². The number of fused-ring (bicyclic) bond motifs is 1. The molecular weight excluding hydrogens is 489 g/mol. The van der Waals surface area contributed by atoms with Crippen molar-refractivity contribution in [1.29, 1.82) is 0 Å². The van der Waals surface area contributed by atoms with Gasteiger partial charge in [-0.15, -0.1) is 0 Å². The molecule has 4 aromatic carbocycles. The third-order valence-electron chi connectivity index (χ3n) is 6.08. The lowest BCUT2D eigenvalue weighted by atomic mass is 9.99. The highest BCUT2D eigenvalue weighted by atomic mass is 32.2. The predicted molar refractivity (Wildman–Crippen MR) is 143 cm³/mol. The quantitative estimate of drug-likeness (QED) is 0.230. The maximum atomic E-state index is 13.7. The Bertz CT molecular complexity index is 1600. The highest BCUT2D eigenvalue weighted by Gasteiger charge is 2.32. The number of carbonyl (C=O) groups is 1. The topological polar surface area (TPSA) is 87.3 Å². The van der Waals surface area contributed by atoms with Gasteiger partial charge in [0.2, 0.25) is 9.84 Å². The van der Waals surface area contributed by atoms with Gasteiger partial charge in [0.05, 0.1) is 21.1 Å². The molecule has 8 heteroatoms. The molecule has 0 radical (unpaired) electrons. The standard InChI is InChI=1S/C29H24FN3O3S/c1-31-18-20-16-25-24(17-26(20)37(35,36)23-14-12-21(30)13-15-23)27(29(34)33-25)28(19-8-4-2-5-9-19)32-22-10-6-3-7-11-22/h2-17,31-32H,18H2,1H3,(H,33,34)/b28-27-. The van der Waals surface area contributed by atoms with E-state index < -0.39 is 15.7 Å². The van der Waals surface area contributed by atoms with Crippen molar-refractivity contribution in [3.63, 3.8) is 0 Å². The molecule has 0 bridgehead atoms. The van der Waals surface area contributed by atoms with Crippen molar-refractivity contribution in [2.45, 2.75) is 16.3 Å². The SMILES string of the molecule is CNCc1cc2c(cc1S(=O)(=O)c1ccc(F)cc1)/C(=C(/Nc1ccccc1)c1ccccc1)C(=O)N2. The summed E-state index contributed by atoms with van der Waals surface area (Å²) in [5.74, 6) is -0.869. The molecule has 3 N–H and O–H groups in total. The second kappa shape index (κ2) is 10.0. The van der Waals surface area contributed by atoms with Gasteiger partial charge in [0, 0.05) is 23.5 Å². The Morgan fingerprint density at radius 3 is 2.19 bits per heavy atom. The molecule has 6 nitrogen and oxygen atoms in total. The van der Waals surface area contributed by atoms with Gasteiger partial charge in [-0.3, -0.25) is 4.79 Å². The zero-order valence-electron chi connectivity index (χ0n) is 20.0. The van der Waals surface area contributed by atoms with Crippen LogP contribution in [0, 0.1) is 5.82 Å². The highest BCUT2D eigenvalue weighted by Crippen LogP contribution is 2.41. The van der Waals surface area contributed by atoms with Crippen LogP contribution in [0.3, 0.4) is 0 Å². The van der Waals surface area contributed by atoms with E-state index in [2.05, 4.69) is 16.0 Å². The van der Waals surface area contributed by atoms with E-state index in [1.54, 1.807) is 13.1 Å². The van der Waals surface area contributed by atoms with E-state index >= 15 is 0 Å². The van der Waals surface area contributed by atoms with E-state index in [4.69, 9.17) is 0 Å². The number of rotatable bonds is 7. The maximum absolute atomic E-state index is 13.7. The van der Waals surface area contributed by atoms with E-state index in [1.807, 2.05) is 60.7 Å². The molecule has 0 aromatic heterocycles. The molecule has 0 fully saturated rings. The number of anilines is 2. The summed E-state index contributed by atoms with van der Waals surface area (Å²) in [5.41, 5.74) is 3.91. The molecule has 186 valence electrons. The van der Waals surface area contributed by atoms with Gasteiger partial charge >= 0.3 is 0 Å². The maximum Gasteiger partial charge on any atom is 0.258 e. The molecule has 37 heavy (non-hydrogen) atoms. The number of benzene rings is 4. The first-order chi connectivity index (χ1) is 17.9. The highest BCUT2D eigenvalue weighted by molar-refractivity contribution is 7.91. The van der Waals surface area contributed by atoms with Gasteiger partial charge in [0.25, 0.3) is 5.91 Å². The van der Waals surface area contributed by atoms with Crippen molar-refractivity contribution in [1.82, 2.24) is 5.32 Å². The Hall–Kier alpha value is -4.27. The number of halogens is 1. The fourth-order valence-corrected chi connectivity index (χ4v) is 5.86. The normalized spacial score (nSPS) is 14.2. The Kier molecular flexibility index (Phi) is 6.60. The van der Waals surface area contributed by atoms with Crippen LogP contribution in [0.25, 0.3) is 11.3 Å². The molecule has 5 rings (SSSR count). The number of nitrogens with one attached hydrogen (secondary N) is 3. The van der Waals surface area contributed by atoms with Crippen molar-refractivity contribution < 1.29 is 17.6 Å². The summed E-state index contributed by atoms with van der Waals surface area (Å²) in [4.78, 5) is 13.4. The molecule has 1 heterocycles. The largest absolute Gasteiger partial charge is 0.354 e. The summed E-state index contributed by atoms with van der Waals surface area (Å²) >= 11 is 0. The predicted octanol–water partition coefficient (Wildman–Crippen LogP) is 5.31. The second-order valence-corrected chi connectivity index (χ2v) is 10.5. The number of sulfone groups is 1. The fraction of sp³-hybridized carbons (Fsp3) is 0.0690. The molecule has 0 unspecified atom stereocenters. The summed E-state index contributed by atoms with van der Waals surface area (Å²) in [6.45, 7) is 0.256. The average molecular weight is 514 g/mol. The second-order valence-electron chi connectivity index (χ2n) is 8.55. The average Bonchev–Trinajstić information content (AvgIpc) is 3.22. The van der Waals surface area contributed by atoms with Crippen LogP contribution < -0.4 is 16.0 Å². The summed E-state index contributed by atoms with van der Waals surface area (Å²) in [7, 11) is -2.30. The molecule has 0 spiro atoms. The van der Waals surface area contributed by atoms with E-state index in [-0.39, 0.29) is 22.2 Å². The molecular formula is C29H24FN3O3S. The molecule has 0 aliphatic carbocycles. The first-order valence-electron chi connectivity index (χ1n) is 11.6. The van der Waals surface area contributed by atoms with E-state index in [9.17, 15) is 17.6 Å². The fourth-order valence-electron chi connectivity index (χ4n) is 4.36. The molecule has 0 saturated carbocycles. The summed E-state index contributed by atoms with van der Waals surface area (Å²) < 4.78 is 40.9. The first-order valence-corrected chi connectivity index (χ1v) is 13.1. The zero-order valence-corrected chi connectivity index (χ0v) is 20.8. The lowest BCUT2D eigenvalue weighted by Gasteiger charge is -2.16. The van der Waals surface area contributed by atoms with Gasteiger partial charge in [0.15, 0.2) is 0 Å². The van der Waals surface area contributed by atoms with E-state index in [0.717, 1.165) is 23.4 Å². The van der Waals surface area contributed by atoms with Crippen LogP contribution in [0.4, 0.5) is 15.8 Å². The number of amides is 1. The number of para-hydroxylation sites is 1.